The normalized spacial score (nSPS) is 20.2. The number of nitrogens with zero attached hydrogens (tertiary/aromatic N) is 5. The summed E-state index contributed by atoms with van der Waals surface area (Å²) < 4.78 is 6.22. The summed E-state index contributed by atoms with van der Waals surface area (Å²) in [6, 6.07) is 5.91. The van der Waals surface area contributed by atoms with E-state index < -0.39 is 0 Å². The highest BCUT2D eigenvalue weighted by molar-refractivity contribution is 5.51. The summed E-state index contributed by atoms with van der Waals surface area (Å²) >= 11 is 0. The second kappa shape index (κ2) is 6.26. The van der Waals surface area contributed by atoms with E-state index in [1.54, 1.807) is 6.20 Å². The molecule has 4 rings (SSSR count). The Morgan fingerprint density at radius 2 is 2.00 bits per heavy atom. The molecule has 3 heterocycles. The van der Waals surface area contributed by atoms with Gasteiger partial charge in [0.1, 0.15) is 17.7 Å². The third-order valence-corrected chi connectivity index (χ3v) is 4.54. The summed E-state index contributed by atoms with van der Waals surface area (Å²) in [5, 5.41) is 0. The van der Waals surface area contributed by atoms with Crippen LogP contribution in [0.5, 0.6) is 5.75 Å². The van der Waals surface area contributed by atoms with Gasteiger partial charge in [0.2, 0.25) is 0 Å². The third kappa shape index (κ3) is 3.13. The number of rotatable bonds is 5. The Balaban J connectivity index is 1.44. The summed E-state index contributed by atoms with van der Waals surface area (Å²) in [5.74, 6) is 4.32. The summed E-state index contributed by atoms with van der Waals surface area (Å²) in [5.41, 5.74) is 0. The molecule has 2 aromatic rings. The monoisotopic (exact) mass is 325 g/mol. The molecule has 1 atom stereocenters. The van der Waals surface area contributed by atoms with E-state index in [1.165, 1.54) is 12.8 Å². The quantitative estimate of drug-likeness (QED) is 0.842. The van der Waals surface area contributed by atoms with Crippen molar-refractivity contribution in [2.45, 2.75) is 31.3 Å². The Morgan fingerprint density at radius 3 is 2.79 bits per heavy atom. The zero-order valence-corrected chi connectivity index (χ0v) is 14.2. The fourth-order valence-corrected chi connectivity index (χ4v) is 3.10. The van der Waals surface area contributed by atoms with Crippen molar-refractivity contribution in [2.75, 3.05) is 37.0 Å². The minimum atomic E-state index is 0.159. The van der Waals surface area contributed by atoms with Crippen molar-refractivity contribution in [2.24, 2.45) is 0 Å². The van der Waals surface area contributed by atoms with Crippen molar-refractivity contribution in [3.63, 3.8) is 0 Å². The van der Waals surface area contributed by atoms with E-state index in [2.05, 4.69) is 14.9 Å². The van der Waals surface area contributed by atoms with E-state index in [9.17, 15) is 0 Å². The Labute approximate surface area is 142 Å². The van der Waals surface area contributed by atoms with Crippen LogP contribution in [-0.4, -0.2) is 48.2 Å². The molecule has 0 aromatic carbocycles. The Hall–Kier alpha value is -2.37. The molecule has 0 bridgehead atoms. The van der Waals surface area contributed by atoms with Crippen molar-refractivity contribution in [3.05, 3.63) is 36.4 Å². The molecule has 6 heteroatoms. The molecule has 1 aliphatic heterocycles. The van der Waals surface area contributed by atoms with Crippen LogP contribution in [0.15, 0.2) is 30.6 Å². The number of pyridine rings is 1. The van der Waals surface area contributed by atoms with Gasteiger partial charge in [-0.2, -0.15) is 0 Å². The molecule has 6 nitrogen and oxygen atoms in total. The number of hydrogen-bond acceptors (Lipinski definition) is 6. The Kier molecular flexibility index (Phi) is 3.96. The predicted molar refractivity (Wildman–Crippen MR) is 93.8 cm³/mol. The van der Waals surface area contributed by atoms with Crippen molar-refractivity contribution in [3.8, 4) is 5.75 Å². The lowest BCUT2D eigenvalue weighted by atomic mass is 10.3. The molecular formula is C18H23N5O. The van der Waals surface area contributed by atoms with Crippen LogP contribution in [0.25, 0.3) is 0 Å². The zero-order valence-electron chi connectivity index (χ0n) is 14.2. The highest BCUT2D eigenvalue weighted by Gasteiger charge is 2.29. The van der Waals surface area contributed by atoms with Crippen LogP contribution in [0.3, 0.4) is 0 Å². The average Bonchev–Trinajstić information content (AvgIpc) is 3.35. The van der Waals surface area contributed by atoms with Gasteiger partial charge in [-0.25, -0.2) is 15.0 Å². The maximum absolute atomic E-state index is 6.22. The maximum atomic E-state index is 6.22. The maximum Gasteiger partial charge on any atom is 0.170 e. The van der Waals surface area contributed by atoms with Crippen molar-refractivity contribution >= 4 is 11.6 Å². The number of anilines is 2. The van der Waals surface area contributed by atoms with Gasteiger partial charge in [-0.05, 0) is 31.0 Å². The van der Waals surface area contributed by atoms with Crippen LogP contribution >= 0.6 is 0 Å². The van der Waals surface area contributed by atoms with Crippen LogP contribution in [0, 0.1) is 0 Å². The highest BCUT2D eigenvalue weighted by Crippen LogP contribution is 2.38. The lowest BCUT2D eigenvalue weighted by Gasteiger charge is -2.21. The summed E-state index contributed by atoms with van der Waals surface area (Å²) in [6.07, 6.45) is 7.28. The molecule has 1 saturated heterocycles. The van der Waals surface area contributed by atoms with Gasteiger partial charge >= 0.3 is 0 Å². The molecule has 1 aliphatic carbocycles. The van der Waals surface area contributed by atoms with Gasteiger partial charge in [0.05, 0.1) is 6.54 Å². The molecule has 1 saturated carbocycles. The van der Waals surface area contributed by atoms with E-state index >= 15 is 0 Å². The van der Waals surface area contributed by atoms with E-state index in [0.717, 1.165) is 42.7 Å². The lowest BCUT2D eigenvalue weighted by molar-refractivity contribution is 0.225. The Morgan fingerprint density at radius 1 is 1.12 bits per heavy atom. The first-order valence-electron chi connectivity index (χ1n) is 8.57. The van der Waals surface area contributed by atoms with E-state index in [0.29, 0.717) is 5.92 Å². The fraction of sp³-hybridized carbons (Fsp3) is 0.500. The molecule has 2 fully saturated rings. The first-order chi connectivity index (χ1) is 11.7. The SMILES string of the molecule is CN(C)c1ncccc1O[C@H]1CCN(c2ccnc(C3CC3)n2)C1. The lowest BCUT2D eigenvalue weighted by Crippen LogP contribution is -2.26. The zero-order chi connectivity index (χ0) is 16.5. The minimum Gasteiger partial charge on any atom is -0.485 e. The molecule has 0 unspecified atom stereocenters. The minimum absolute atomic E-state index is 0.159. The highest BCUT2D eigenvalue weighted by atomic mass is 16.5. The average molecular weight is 325 g/mol. The molecule has 24 heavy (non-hydrogen) atoms. The molecule has 0 amide bonds. The number of hydrogen-bond donors (Lipinski definition) is 0. The van der Waals surface area contributed by atoms with Crippen LogP contribution in [0.2, 0.25) is 0 Å². The van der Waals surface area contributed by atoms with E-state index in [-0.39, 0.29) is 6.10 Å². The van der Waals surface area contributed by atoms with Gasteiger partial charge in [-0.3, -0.25) is 0 Å². The van der Waals surface area contributed by atoms with Gasteiger partial charge in [0.15, 0.2) is 11.6 Å². The smallest absolute Gasteiger partial charge is 0.170 e. The number of ether oxygens (including phenoxy) is 1. The molecule has 0 radical (unpaired) electrons. The summed E-state index contributed by atoms with van der Waals surface area (Å²) in [6.45, 7) is 1.81. The Bertz CT molecular complexity index is 716. The van der Waals surface area contributed by atoms with Crippen LogP contribution in [0.1, 0.15) is 31.0 Å². The standard InChI is InChI=1S/C18H23N5O/c1-22(2)18-15(4-3-9-20-18)24-14-8-11-23(12-14)16-7-10-19-17(21-16)13-5-6-13/h3-4,7,9-10,13-14H,5-6,8,11-12H2,1-2H3/t14-/m0/s1. The summed E-state index contributed by atoms with van der Waals surface area (Å²) in [7, 11) is 3.97. The van der Waals surface area contributed by atoms with Gasteiger partial charge in [0.25, 0.3) is 0 Å². The predicted octanol–water partition coefficient (Wildman–Crippen LogP) is 2.47. The molecule has 0 spiro atoms. The topological polar surface area (TPSA) is 54.4 Å². The molecule has 2 aliphatic rings. The van der Waals surface area contributed by atoms with Crippen molar-refractivity contribution in [1.29, 1.82) is 0 Å². The van der Waals surface area contributed by atoms with Crippen LogP contribution in [0.4, 0.5) is 11.6 Å². The van der Waals surface area contributed by atoms with E-state index in [4.69, 9.17) is 9.72 Å². The third-order valence-electron chi connectivity index (χ3n) is 4.54. The first kappa shape index (κ1) is 15.2. The molecular weight excluding hydrogens is 302 g/mol. The van der Waals surface area contributed by atoms with Crippen molar-refractivity contribution in [1.82, 2.24) is 15.0 Å². The second-order valence-corrected chi connectivity index (χ2v) is 6.74. The van der Waals surface area contributed by atoms with Gasteiger partial charge in [-0.15, -0.1) is 0 Å². The molecule has 0 N–H and O–H groups in total. The van der Waals surface area contributed by atoms with Crippen molar-refractivity contribution < 1.29 is 4.74 Å². The molecule has 126 valence electrons. The second-order valence-electron chi connectivity index (χ2n) is 6.74. The largest absolute Gasteiger partial charge is 0.485 e. The summed E-state index contributed by atoms with van der Waals surface area (Å²) in [4.78, 5) is 17.8. The first-order valence-corrected chi connectivity index (χ1v) is 8.57. The van der Waals surface area contributed by atoms with Gasteiger partial charge in [0, 0.05) is 45.4 Å². The molecule has 2 aromatic heterocycles. The van der Waals surface area contributed by atoms with Gasteiger partial charge in [-0.1, -0.05) is 0 Å². The fourth-order valence-electron chi connectivity index (χ4n) is 3.10. The van der Waals surface area contributed by atoms with Crippen LogP contribution < -0.4 is 14.5 Å². The van der Waals surface area contributed by atoms with Crippen LogP contribution in [-0.2, 0) is 0 Å². The number of aromatic nitrogens is 3. The van der Waals surface area contributed by atoms with Gasteiger partial charge < -0.3 is 14.5 Å². The van der Waals surface area contributed by atoms with E-state index in [1.807, 2.05) is 43.4 Å².